The second-order valence-electron chi connectivity index (χ2n) is 6.31. The van der Waals surface area contributed by atoms with Crippen molar-refractivity contribution in [3.8, 4) is 0 Å². The lowest BCUT2D eigenvalue weighted by Gasteiger charge is -2.35. The van der Waals surface area contributed by atoms with Crippen LogP contribution in [0.25, 0.3) is 0 Å². The molecule has 0 aromatic rings. The summed E-state index contributed by atoms with van der Waals surface area (Å²) in [6.45, 7) is 8.36. The second kappa shape index (κ2) is 5.31. The van der Waals surface area contributed by atoms with E-state index < -0.39 is 0 Å². The van der Waals surface area contributed by atoms with Crippen LogP contribution in [0.5, 0.6) is 0 Å². The summed E-state index contributed by atoms with van der Waals surface area (Å²) >= 11 is 0. The summed E-state index contributed by atoms with van der Waals surface area (Å²) in [5.41, 5.74) is 5.99. The van der Waals surface area contributed by atoms with Crippen molar-refractivity contribution in [2.45, 2.75) is 65.8 Å². The Morgan fingerprint density at radius 1 is 1.31 bits per heavy atom. The van der Waals surface area contributed by atoms with Crippen molar-refractivity contribution in [3.63, 3.8) is 0 Å². The molecule has 2 nitrogen and oxygen atoms in total. The summed E-state index contributed by atoms with van der Waals surface area (Å²) < 4.78 is 0. The fraction of sp³-hybridized carbons (Fsp3) is 0.929. The highest BCUT2D eigenvalue weighted by Crippen LogP contribution is 2.35. The van der Waals surface area contributed by atoms with Gasteiger partial charge in [-0.3, -0.25) is 4.79 Å². The normalized spacial score (nSPS) is 28.8. The van der Waals surface area contributed by atoms with Gasteiger partial charge in [0, 0.05) is 5.92 Å². The first-order chi connectivity index (χ1) is 7.38. The predicted molar refractivity (Wildman–Crippen MR) is 68.2 cm³/mol. The molecule has 0 aromatic carbocycles. The lowest BCUT2D eigenvalue weighted by Crippen LogP contribution is -2.47. The first-order valence-electron chi connectivity index (χ1n) is 6.67. The van der Waals surface area contributed by atoms with Gasteiger partial charge < -0.3 is 5.73 Å². The summed E-state index contributed by atoms with van der Waals surface area (Å²) in [7, 11) is 0. The first kappa shape index (κ1) is 13.7. The predicted octanol–water partition coefficient (Wildman–Crippen LogP) is 3.15. The van der Waals surface area contributed by atoms with Crippen molar-refractivity contribution < 1.29 is 4.79 Å². The third kappa shape index (κ3) is 3.07. The molecule has 1 aliphatic rings. The highest BCUT2D eigenvalue weighted by molar-refractivity contribution is 5.87. The Morgan fingerprint density at radius 3 is 2.38 bits per heavy atom. The van der Waals surface area contributed by atoms with Gasteiger partial charge in [0.1, 0.15) is 0 Å². The van der Waals surface area contributed by atoms with E-state index in [1.807, 2.05) is 0 Å². The zero-order valence-corrected chi connectivity index (χ0v) is 11.3. The largest absolute Gasteiger partial charge is 0.321 e. The van der Waals surface area contributed by atoms with Gasteiger partial charge in [0.15, 0.2) is 5.78 Å². The molecule has 0 amide bonds. The summed E-state index contributed by atoms with van der Waals surface area (Å²) in [4.78, 5) is 12.4. The minimum atomic E-state index is -0.301. The van der Waals surface area contributed by atoms with Gasteiger partial charge in [-0.2, -0.15) is 0 Å². The van der Waals surface area contributed by atoms with Crippen molar-refractivity contribution >= 4 is 5.78 Å². The van der Waals surface area contributed by atoms with Crippen molar-refractivity contribution in [2.75, 3.05) is 0 Å². The van der Waals surface area contributed by atoms with E-state index in [0.717, 1.165) is 12.8 Å². The molecule has 0 aliphatic heterocycles. The van der Waals surface area contributed by atoms with Gasteiger partial charge in [0.25, 0.3) is 0 Å². The molecule has 0 radical (unpaired) electrons. The Balaban J connectivity index is 2.71. The lowest BCUT2D eigenvalue weighted by molar-refractivity contribution is -0.129. The third-order valence-electron chi connectivity index (χ3n) is 4.04. The number of carbonyl (C=O) groups is 1. The van der Waals surface area contributed by atoms with E-state index in [1.54, 1.807) is 0 Å². The van der Waals surface area contributed by atoms with E-state index in [1.165, 1.54) is 19.3 Å². The molecule has 94 valence electrons. The monoisotopic (exact) mass is 225 g/mol. The van der Waals surface area contributed by atoms with E-state index in [0.29, 0.717) is 11.7 Å². The maximum Gasteiger partial charge on any atom is 0.153 e. The van der Waals surface area contributed by atoms with Crippen LogP contribution in [0.3, 0.4) is 0 Å². The topological polar surface area (TPSA) is 43.1 Å². The SMILES string of the molecule is CCC1CCCCC1C(=O)C(N)C(C)(C)C. The van der Waals surface area contributed by atoms with Crippen LogP contribution < -0.4 is 5.73 Å². The minimum absolute atomic E-state index is 0.104. The number of hydrogen-bond acceptors (Lipinski definition) is 2. The quantitative estimate of drug-likeness (QED) is 0.802. The minimum Gasteiger partial charge on any atom is -0.321 e. The molecule has 16 heavy (non-hydrogen) atoms. The summed E-state index contributed by atoms with van der Waals surface area (Å²) in [6.07, 6.45) is 5.87. The van der Waals surface area contributed by atoms with Crippen LogP contribution in [-0.4, -0.2) is 11.8 Å². The Kier molecular flexibility index (Phi) is 4.54. The Labute approximate surface area is 100.0 Å². The molecule has 0 spiro atoms. The average Bonchev–Trinajstić information content (AvgIpc) is 2.25. The molecule has 0 heterocycles. The summed E-state index contributed by atoms with van der Waals surface area (Å²) in [6, 6.07) is -0.301. The number of Topliss-reactive ketones (excluding diaryl/α,β-unsaturated/α-hetero) is 1. The number of nitrogens with two attached hydrogens (primary N) is 1. The molecule has 1 rings (SSSR count). The Morgan fingerprint density at radius 2 is 1.88 bits per heavy atom. The van der Waals surface area contributed by atoms with Crippen molar-refractivity contribution in [3.05, 3.63) is 0 Å². The fourth-order valence-electron chi connectivity index (χ4n) is 2.73. The summed E-state index contributed by atoms with van der Waals surface area (Å²) in [5.74, 6) is 1.11. The molecule has 3 atom stereocenters. The van der Waals surface area contributed by atoms with Crippen LogP contribution in [0.2, 0.25) is 0 Å². The third-order valence-corrected chi connectivity index (χ3v) is 4.04. The van der Waals surface area contributed by atoms with Gasteiger partial charge in [0.05, 0.1) is 6.04 Å². The highest BCUT2D eigenvalue weighted by atomic mass is 16.1. The molecule has 3 unspecified atom stereocenters. The molecule has 1 aliphatic carbocycles. The van der Waals surface area contributed by atoms with Crippen molar-refractivity contribution in [1.82, 2.24) is 0 Å². The molecule has 2 N–H and O–H groups in total. The van der Waals surface area contributed by atoms with Crippen LogP contribution >= 0.6 is 0 Å². The number of hydrogen-bond donors (Lipinski definition) is 1. The Bertz CT molecular complexity index is 242. The Hall–Kier alpha value is -0.370. The van der Waals surface area contributed by atoms with Crippen molar-refractivity contribution in [2.24, 2.45) is 23.0 Å². The lowest BCUT2D eigenvalue weighted by atomic mass is 9.71. The maximum absolute atomic E-state index is 12.4. The van der Waals surface area contributed by atoms with Gasteiger partial charge in [-0.15, -0.1) is 0 Å². The standard InChI is InChI=1S/C14H27NO/c1-5-10-8-6-7-9-11(10)12(16)13(15)14(2,3)4/h10-11,13H,5-9,15H2,1-4H3. The zero-order chi connectivity index (χ0) is 12.3. The molecule has 1 fully saturated rings. The molecule has 0 saturated heterocycles. The van der Waals surface area contributed by atoms with Crippen LogP contribution in [0.1, 0.15) is 59.8 Å². The molecule has 0 aromatic heterocycles. The molecular formula is C14H27NO. The molecular weight excluding hydrogens is 198 g/mol. The van der Waals surface area contributed by atoms with Crippen LogP contribution in [0.4, 0.5) is 0 Å². The van der Waals surface area contributed by atoms with Gasteiger partial charge in [-0.25, -0.2) is 0 Å². The maximum atomic E-state index is 12.4. The number of carbonyl (C=O) groups excluding carboxylic acids is 1. The van der Waals surface area contributed by atoms with Crippen molar-refractivity contribution in [1.29, 1.82) is 0 Å². The second-order valence-corrected chi connectivity index (χ2v) is 6.31. The fourth-order valence-corrected chi connectivity index (χ4v) is 2.73. The van der Waals surface area contributed by atoms with Gasteiger partial charge in [-0.05, 0) is 24.2 Å². The summed E-state index contributed by atoms with van der Waals surface area (Å²) in [5, 5.41) is 0. The van der Waals surface area contributed by atoms with E-state index in [-0.39, 0.29) is 17.4 Å². The smallest absolute Gasteiger partial charge is 0.153 e. The van der Waals surface area contributed by atoms with Crippen LogP contribution in [0.15, 0.2) is 0 Å². The average molecular weight is 225 g/mol. The van der Waals surface area contributed by atoms with Crippen LogP contribution in [-0.2, 0) is 4.79 Å². The molecule has 0 bridgehead atoms. The van der Waals surface area contributed by atoms with E-state index in [9.17, 15) is 4.79 Å². The van der Waals surface area contributed by atoms with E-state index in [2.05, 4.69) is 27.7 Å². The highest BCUT2D eigenvalue weighted by Gasteiger charge is 2.36. The van der Waals surface area contributed by atoms with E-state index >= 15 is 0 Å². The zero-order valence-electron chi connectivity index (χ0n) is 11.3. The number of rotatable bonds is 3. The van der Waals surface area contributed by atoms with Crippen LogP contribution in [0, 0.1) is 17.3 Å². The molecule has 2 heteroatoms. The molecule has 1 saturated carbocycles. The number of ketones is 1. The van der Waals surface area contributed by atoms with Gasteiger partial charge >= 0.3 is 0 Å². The van der Waals surface area contributed by atoms with Gasteiger partial charge in [-0.1, -0.05) is 47.0 Å². The first-order valence-corrected chi connectivity index (χ1v) is 6.67. The van der Waals surface area contributed by atoms with E-state index in [4.69, 9.17) is 5.73 Å². The van der Waals surface area contributed by atoms with Gasteiger partial charge in [0.2, 0.25) is 0 Å².